The maximum absolute atomic E-state index is 9.49. The first-order valence-corrected chi connectivity index (χ1v) is 4.84. The molecule has 0 bridgehead atoms. The highest BCUT2D eigenvalue weighted by Gasteiger charge is 2.12. The Bertz CT molecular complexity index is 330. The van der Waals surface area contributed by atoms with Crippen LogP contribution in [0.5, 0.6) is 11.5 Å². The first-order chi connectivity index (χ1) is 6.60. The molecule has 0 heterocycles. The quantitative estimate of drug-likeness (QED) is 0.763. The Hall–Kier alpha value is -0.780. The maximum Gasteiger partial charge on any atom is 0.172 e. The average Bonchev–Trinajstić information content (AvgIpc) is 2.20. The Balaban J connectivity index is 3.16. The van der Waals surface area contributed by atoms with Gasteiger partial charge in [0.15, 0.2) is 11.5 Å². The van der Waals surface area contributed by atoms with E-state index < -0.39 is 6.10 Å². The van der Waals surface area contributed by atoms with Gasteiger partial charge in [0.25, 0.3) is 0 Å². The van der Waals surface area contributed by atoms with Crippen LogP contribution in [0.2, 0.25) is 0 Å². The highest BCUT2D eigenvalue weighted by molar-refractivity contribution is 9.10. The first kappa shape index (κ1) is 11.3. The van der Waals surface area contributed by atoms with Gasteiger partial charge in [0, 0.05) is 6.54 Å². The number of methoxy groups -OCH3 is 1. The minimum absolute atomic E-state index is 0.0143. The highest BCUT2D eigenvalue weighted by Crippen LogP contribution is 2.36. The molecule has 0 aliphatic carbocycles. The number of aromatic hydroxyl groups is 1. The Morgan fingerprint density at radius 1 is 1.57 bits per heavy atom. The molecule has 0 aromatic heterocycles. The van der Waals surface area contributed by atoms with Crippen LogP contribution in [-0.2, 0) is 0 Å². The van der Waals surface area contributed by atoms with Crippen molar-refractivity contribution >= 4 is 15.9 Å². The van der Waals surface area contributed by atoms with Crippen molar-refractivity contribution in [3.05, 3.63) is 22.2 Å². The molecule has 0 spiro atoms. The molecule has 0 aliphatic rings. The maximum atomic E-state index is 9.49. The van der Waals surface area contributed by atoms with Crippen LogP contribution in [0.15, 0.2) is 16.6 Å². The molecule has 78 valence electrons. The minimum Gasteiger partial charge on any atom is -0.503 e. The number of halogens is 1. The van der Waals surface area contributed by atoms with E-state index in [-0.39, 0.29) is 12.3 Å². The Labute approximate surface area is 90.4 Å². The van der Waals surface area contributed by atoms with Crippen LogP contribution in [0.4, 0.5) is 0 Å². The van der Waals surface area contributed by atoms with Crippen molar-refractivity contribution < 1.29 is 14.9 Å². The fraction of sp³-hybridized carbons (Fsp3) is 0.333. The molecule has 1 aromatic rings. The monoisotopic (exact) mass is 261 g/mol. The topological polar surface area (TPSA) is 75.7 Å². The molecule has 0 aliphatic heterocycles. The molecular formula is C9H12BrNO3. The van der Waals surface area contributed by atoms with Gasteiger partial charge in [-0.15, -0.1) is 0 Å². The zero-order valence-corrected chi connectivity index (χ0v) is 9.28. The normalized spacial score (nSPS) is 12.6. The summed E-state index contributed by atoms with van der Waals surface area (Å²) in [4.78, 5) is 0. The Morgan fingerprint density at radius 2 is 2.21 bits per heavy atom. The van der Waals surface area contributed by atoms with Gasteiger partial charge in [0.1, 0.15) is 0 Å². The van der Waals surface area contributed by atoms with Gasteiger partial charge in [0.05, 0.1) is 17.7 Å². The number of rotatable bonds is 3. The van der Waals surface area contributed by atoms with E-state index in [9.17, 15) is 10.2 Å². The van der Waals surface area contributed by atoms with E-state index in [1.54, 1.807) is 12.1 Å². The van der Waals surface area contributed by atoms with Crippen molar-refractivity contribution in [3.8, 4) is 11.5 Å². The first-order valence-electron chi connectivity index (χ1n) is 4.04. The summed E-state index contributed by atoms with van der Waals surface area (Å²) in [6.07, 6.45) is -0.749. The molecule has 4 N–H and O–H groups in total. The fourth-order valence-corrected chi connectivity index (χ4v) is 1.54. The summed E-state index contributed by atoms with van der Waals surface area (Å²) in [5.41, 5.74) is 5.92. The third kappa shape index (κ3) is 2.17. The molecule has 4 nitrogen and oxygen atoms in total. The average molecular weight is 262 g/mol. The smallest absolute Gasteiger partial charge is 0.172 e. The lowest BCUT2D eigenvalue weighted by molar-refractivity contribution is 0.186. The van der Waals surface area contributed by atoms with Crippen molar-refractivity contribution in [1.29, 1.82) is 0 Å². The predicted molar refractivity (Wildman–Crippen MR) is 56.4 cm³/mol. The number of phenols is 1. The summed E-state index contributed by atoms with van der Waals surface area (Å²) in [6, 6.07) is 3.16. The molecule has 0 fully saturated rings. The molecule has 14 heavy (non-hydrogen) atoms. The number of aliphatic hydroxyl groups excluding tert-OH is 1. The lowest BCUT2D eigenvalue weighted by Crippen LogP contribution is -2.11. The Kier molecular flexibility index (Phi) is 3.74. The molecule has 1 atom stereocenters. The van der Waals surface area contributed by atoms with Gasteiger partial charge in [-0.2, -0.15) is 0 Å². The van der Waals surface area contributed by atoms with Crippen molar-refractivity contribution in [1.82, 2.24) is 0 Å². The molecule has 1 unspecified atom stereocenters. The lowest BCUT2D eigenvalue weighted by atomic mass is 10.1. The second-order valence-electron chi connectivity index (χ2n) is 2.81. The summed E-state index contributed by atoms with van der Waals surface area (Å²) in [5, 5.41) is 19.0. The number of phenolic OH excluding ortho intramolecular Hbond substituents is 1. The van der Waals surface area contributed by atoms with Gasteiger partial charge in [-0.05, 0) is 33.6 Å². The lowest BCUT2D eigenvalue weighted by Gasteiger charge is -2.12. The zero-order valence-electron chi connectivity index (χ0n) is 7.70. The number of ether oxygens (including phenoxy) is 1. The van der Waals surface area contributed by atoms with Crippen LogP contribution in [0.3, 0.4) is 0 Å². The second-order valence-corrected chi connectivity index (χ2v) is 3.66. The van der Waals surface area contributed by atoms with Gasteiger partial charge in [-0.3, -0.25) is 0 Å². The Morgan fingerprint density at radius 3 is 2.71 bits per heavy atom. The van der Waals surface area contributed by atoms with Crippen LogP contribution in [0.1, 0.15) is 11.7 Å². The molecule has 0 amide bonds. The van der Waals surface area contributed by atoms with Crippen molar-refractivity contribution in [3.63, 3.8) is 0 Å². The van der Waals surface area contributed by atoms with Crippen molar-refractivity contribution in [2.24, 2.45) is 5.73 Å². The van der Waals surface area contributed by atoms with Crippen molar-refractivity contribution in [2.75, 3.05) is 13.7 Å². The van der Waals surface area contributed by atoms with Gasteiger partial charge in [-0.1, -0.05) is 0 Å². The molecule has 1 aromatic carbocycles. The van der Waals surface area contributed by atoms with E-state index in [2.05, 4.69) is 15.9 Å². The van der Waals surface area contributed by atoms with E-state index >= 15 is 0 Å². The van der Waals surface area contributed by atoms with Gasteiger partial charge in [0.2, 0.25) is 0 Å². The number of hydrogen-bond acceptors (Lipinski definition) is 4. The fourth-order valence-electron chi connectivity index (χ4n) is 1.08. The van der Waals surface area contributed by atoms with Crippen LogP contribution in [-0.4, -0.2) is 23.9 Å². The SMILES string of the molecule is COc1cc(C(O)CN)cc(Br)c1O. The van der Waals surface area contributed by atoms with Crippen LogP contribution < -0.4 is 10.5 Å². The third-order valence-electron chi connectivity index (χ3n) is 1.88. The van der Waals surface area contributed by atoms with Gasteiger partial charge < -0.3 is 20.7 Å². The third-order valence-corrected chi connectivity index (χ3v) is 2.48. The van der Waals surface area contributed by atoms with Gasteiger partial charge >= 0.3 is 0 Å². The van der Waals surface area contributed by atoms with Crippen LogP contribution >= 0.6 is 15.9 Å². The van der Waals surface area contributed by atoms with Crippen molar-refractivity contribution in [2.45, 2.75) is 6.10 Å². The van der Waals surface area contributed by atoms with Crippen LogP contribution in [0, 0.1) is 0 Å². The number of aliphatic hydroxyl groups is 1. The van der Waals surface area contributed by atoms with Gasteiger partial charge in [-0.25, -0.2) is 0 Å². The van der Waals surface area contributed by atoms with E-state index in [0.717, 1.165) is 0 Å². The summed E-state index contributed by atoms with van der Waals surface area (Å²) in [6.45, 7) is 0.125. The number of benzene rings is 1. The standard InChI is InChI=1S/C9H12BrNO3/c1-14-8-3-5(7(12)4-11)2-6(10)9(8)13/h2-3,7,12-13H,4,11H2,1H3. The molecular weight excluding hydrogens is 250 g/mol. The minimum atomic E-state index is -0.749. The molecule has 0 saturated carbocycles. The molecule has 0 radical (unpaired) electrons. The zero-order chi connectivity index (χ0) is 10.7. The van der Waals surface area contributed by atoms with E-state index in [4.69, 9.17) is 10.5 Å². The predicted octanol–water partition coefficient (Wildman–Crippen LogP) is 1.16. The summed E-state index contributed by atoms with van der Waals surface area (Å²) < 4.78 is 5.40. The highest BCUT2D eigenvalue weighted by atomic mass is 79.9. The van der Waals surface area contributed by atoms with Crippen LogP contribution in [0.25, 0.3) is 0 Å². The van der Waals surface area contributed by atoms with E-state index in [1.165, 1.54) is 7.11 Å². The summed E-state index contributed by atoms with van der Waals surface area (Å²) >= 11 is 3.15. The summed E-state index contributed by atoms with van der Waals surface area (Å²) in [5.74, 6) is 0.322. The molecule has 5 heteroatoms. The largest absolute Gasteiger partial charge is 0.503 e. The number of hydrogen-bond donors (Lipinski definition) is 3. The second kappa shape index (κ2) is 4.63. The molecule has 0 saturated heterocycles. The molecule has 1 rings (SSSR count). The van der Waals surface area contributed by atoms with E-state index in [1.807, 2.05) is 0 Å². The summed E-state index contributed by atoms with van der Waals surface area (Å²) in [7, 11) is 1.44. The van der Waals surface area contributed by atoms with E-state index in [0.29, 0.717) is 15.8 Å². The number of nitrogens with two attached hydrogens (primary N) is 1.